The standard InChI is InChI=1S/C27H25N7O/c1-4-25(35)33-9-7-27(2,8-10-33)12-23-6-5-19(14-29-23)24-11-20(22-16-30-32(3)17-22)18-34-26(24)21(13-28)15-31-34/h1,5-6,11,14-18H,7-10,12H2,2-3H3. The number of aryl methyl sites for hydroxylation is 1. The molecule has 0 spiro atoms. The van der Waals surface area contributed by atoms with Gasteiger partial charge in [-0.2, -0.15) is 15.5 Å². The minimum atomic E-state index is -0.231. The van der Waals surface area contributed by atoms with E-state index in [2.05, 4.69) is 47.3 Å². The van der Waals surface area contributed by atoms with Gasteiger partial charge in [-0.25, -0.2) is 4.52 Å². The van der Waals surface area contributed by atoms with E-state index in [0.29, 0.717) is 18.7 Å². The van der Waals surface area contributed by atoms with Crippen LogP contribution in [0.5, 0.6) is 0 Å². The van der Waals surface area contributed by atoms with Crippen molar-refractivity contribution in [2.45, 2.75) is 26.2 Å². The number of fused-ring (bicyclic) bond motifs is 1. The van der Waals surface area contributed by atoms with Crippen LogP contribution >= 0.6 is 0 Å². The molecule has 5 rings (SSSR count). The number of pyridine rings is 2. The Hall–Kier alpha value is -4.43. The van der Waals surface area contributed by atoms with Crippen molar-refractivity contribution >= 4 is 11.4 Å². The smallest absolute Gasteiger partial charge is 0.298 e. The fourth-order valence-corrected chi connectivity index (χ4v) is 4.79. The Labute approximate surface area is 203 Å². The van der Waals surface area contributed by atoms with Gasteiger partial charge in [0.05, 0.1) is 23.5 Å². The van der Waals surface area contributed by atoms with Crippen molar-refractivity contribution in [1.82, 2.24) is 29.3 Å². The van der Waals surface area contributed by atoms with E-state index in [4.69, 9.17) is 11.4 Å². The predicted molar refractivity (Wildman–Crippen MR) is 132 cm³/mol. The molecule has 8 nitrogen and oxygen atoms in total. The number of rotatable bonds is 4. The topological polar surface area (TPSA) is 92.1 Å². The van der Waals surface area contributed by atoms with Crippen LogP contribution in [0, 0.1) is 29.1 Å². The van der Waals surface area contributed by atoms with E-state index in [1.54, 1.807) is 20.3 Å². The van der Waals surface area contributed by atoms with Crippen LogP contribution in [0.15, 0.2) is 49.2 Å². The number of likely N-dealkylation sites (tertiary alicyclic amines) is 1. The molecule has 0 aromatic carbocycles. The first kappa shape index (κ1) is 22.4. The number of carbonyl (C=O) groups excluding carboxylic acids is 1. The molecule has 174 valence electrons. The largest absolute Gasteiger partial charge is 0.332 e. The van der Waals surface area contributed by atoms with Gasteiger partial charge in [-0.15, -0.1) is 6.42 Å². The Morgan fingerprint density at radius 2 is 1.91 bits per heavy atom. The summed E-state index contributed by atoms with van der Waals surface area (Å²) in [5.41, 5.74) is 6.08. The van der Waals surface area contributed by atoms with Crippen LogP contribution in [-0.2, 0) is 18.3 Å². The summed E-state index contributed by atoms with van der Waals surface area (Å²) in [5.74, 6) is 1.98. The predicted octanol–water partition coefficient (Wildman–Crippen LogP) is 3.47. The summed E-state index contributed by atoms with van der Waals surface area (Å²) in [6.07, 6.45) is 17.0. The molecule has 4 aromatic heterocycles. The second kappa shape index (κ2) is 8.73. The molecular formula is C27H25N7O. The van der Waals surface area contributed by atoms with Crippen LogP contribution in [0.3, 0.4) is 0 Å². The third-order valence-corrected chi connectivity index (χ3v) is 6.90. The molecule has 0 saturated carbocycles. The molecule has 1 aliphatic heterocycles. The number of aromatic nitrogens is 5. The first-order chi connectivity index (χ1) is 16.9. The summed E-state index contributed by atoms with van der Waals surface area (Å²) < 4.78 is 3.50. The lowest BCUT2D eigenvalue weighted by Crippen LogP contribution is -2.42. The maximum atomic E-state index is 11.8. The Balaban J connectivity index is 1.44. The maximum absolute atomic E-state index is 11.8. The van der Waals surface area contributed by atoms with Crippen molar-refractivity contribution < 1.29 is 4.79 Å². The van der Waals surface area contributed by atoms with E-state index in [0.717, 1.165) is 52.7 Å². The quantitative estimate of drug-likeness (QED) is 0.432. The summed E-state index contributed by atoms with van der Waals surface area (Å²) in [6, 6.07) is 8.42. The number of hydrogen-bond acceptors (Lipinski definition) is 5. The summed E-state index contributed by atoms with van der Waals surface area (Å²) in [6.45, 7) is 3.59. The molecule has 0 bridgehead atoms. The lowest BCUT2D eigenvalue weighted by atomic mass is 9.76. The van der Waals surface area contributed by atoms with Crippen molar-refractivity contribution in [3.8, 4) is 40.7 Å². The van der Waals surface area contributed by atoms with E-state index >= 15 is 0 Å². The third-order valence-electron chi connectivity index (χ3n) is 6.90. The van der Waals surface area contributed by atoms with E-state index in [9.17, 15) is 10.1 Å². The van der Waals surface area contributed by atoms with Crippen molar-refractivity contribution in [1.29, 1.82) is 5.26 Å². The number of nitrogens with zero attached hydrogens (tertiary/aromatic N) is 7. The molecule has 5 heterocycles. The lowest BCUT2D eigenvalue weighted by molar-refractivity contribution is -0.127. The zero-order valence-electron chi connectivity index (χ0n) is 19.8. The van der Waals surface area contributed by atoms with Crippen LogP contribution in [-0.4, -0.2) is 48.3 Å². The van der Waals surface area contributed by atoms with Crippen molar-refractivity contribution in [3.05, 3.63) is 60.4 Å². The number of hydrogen-bond donors (Lipinski definition) is 0. The van der Waals surface area contributed by atoms with E-state index in [1.807, 2.05) is 31.8 Å². The molecule has 0 unspecified atom stereocenters. The normalized spacial score (nSPS) is 15.0. The fourth-order valence-electron chi connectivity index (χ4n) is 4.79. The molecule has 1 saturated heterocycles. The van der Waals surface area contributed by atoms with E-state index in [1.165, 1.54) is 0 Å². The van der Waals surface area contributed by atoms with E-state index < -0.39 is 0 Å². The van der Waals surface area contributed by atoms with Gasteiger partial charge >= 0.3 is 0 Å². The second-order valence-corrected chi connectivity index (χ2v) is 9.47. The van der Waals surface area contributed by atoms with Gasteiger partial charge in [0.2, 0.25) is 0 Å². The van der Waals surface area contributed by atoms with Crippen molar-refractivity contribution in [2.75, 3.05) is 13.1 Å². The first-order valence-electron chi connectivity index (χ1n) is 11.5. The van der Waals surface area contributed by atoms with Crippen LogP contribution in [0.4, 0.5) is 0 Å². The van der Waals surface area contributed by atoms with Gasteiger partial charge in [-0.3, -0.25) is 14.5 Å². The number of terminal acetylenes is 1. The summed E-state index contributed by atoms with van der Waals surface area (Å²) in [7, 11) is 1.88. The number of nitriles is 1. The van der Waals surface area contributed by atoms with Gasteiger partial charge in [0.1, 0.15) is 6.07 Å². The van der Waals surface area contributed by atoms with Gasteiger partial charge < -0.3 is 4.90 Å². The SMILES string of the molecule is C#CC(=O)N1CCC(C)(Cc2ccc(-c3cc(-c4cnn(C)c4)cn4ncc(C#N)c34)cn2)CC1. The average Bonchev–Trinajstić information content (AvgIpc) is 3.49. The molecule has 1 amide bonds. The van der Waals surface area contributed by atoms with Gasteiger partial charge in [-0.05, 0) is 42.7 Å². The molecular weight excluding hydrogens is 438 g/mol. The fraction of sp³-hybridized carbons (Fsp3) is 0.296. The van der Waals surface area contributed by atoms with E-state index in [-0.39, 0.29) is 11.3 Å². The molecule has 0 N–H and O–H groups in total. The molecule has 35 heavy (non-hydrogen) atoms. The molecule has 1 aliphatic rings. The lowest BCUT2D eigenvalue weighted by Gasteiger charge is -2.38. The van der Waals surface area contributed by atoms with Crippen LogP contribution in [0.2, 0.25) is 0 Å². The highest BCUT2D eigenvalue weighted by Gasteiger charge is 2.32. The Morgan fingerprint density at radius 3 is 2.54 bits per heavy atom. The third kappa shape index (κ3) is 4.27. The first-order valence-corrected chi connectivity index (χ1v) is 11.5. The molecule has 1 fully saturated rings. The van der Waals surface area contributed by atoms with Gasteiger partial charge in [-0.1, -0.05) is 13.0 Å². The Bertz CT molecular complexity index is 1490. The van der Waals surface area contributed by atoms with Gasteiger partial charge in [0.25, 0.3) is 5.91 Å². The summed E-state index contributed by atoms with van der Waals surface area (Å²) in [4.78, 5) is 18.3. The Morgan fingerprint density at radius 1 is 1.11 bits per heavy atom. The highest BCUT2D eigenvalue weighted by molar-refractivity contribution is 5.93. The zero-order chi connectivity index (χ0) is 24.6. The summed E-state index contributed by atoms with van der Waals surface area (Å²) in [5, 5.41) is 18.3. The zero-order valence-corrected chi connectivity index (χ0v) is 19.8. The summed E-state index contributed by atoms with van der Waals surface area (Å²) >= 11 is 0. The van der Waals surface area contributed by atoms with Crippen LogP contribution in [0.1, 0.15) is 31.0 Å². The Kier molecular flexibility index (Phi) is 5.58. The monoisotopic (exact) mass is 463 g/mol. The van der Waals surface area contributed by atoms with Crippen molar-refractivity contribution in [3.63, 3.8) is 0 Å². The highest BCUT2D eigenvalue weighted by atomic mass is 16.2. The molecule has 0 atom stereocenters. The molecule has 0 radical (unpaired) electrons. The molecule has 4 aromatic rings. The molecule has 8 heteroatoms. The maximum Gasteiger partial charge on any atom is 0.298 e. The van der Waals surface area contributed by atoms with Crippen LogP contribution < -0.4 is 0 Å². The molecule has 0 aliphatic carbocycles. The minimum Gasteiger partial charge on any atom is -0.332 e. The second-order valence-electron chi connectivity index (χ2n) is 9.47. The highest BCUT2D eigenvalue weighted by Crippen LogP contribution is 2.35. The van der Waals surface area contributed by atoms with Gasteiger partial charge in [0.15, 0.2) is 0 Å². The average molecular weight is 464 g/mol. The van der Waals surface area contributed by atoms with Crippen LogP contribution in [0.25, 0.3) is 27.8 Å². The minimum absolute atomic E-state index is 0.0623. The number of piperidine rings is 1. The van der Waals surface area contributed by atoms with Crippen molar-refractivity contribution in [2.24, 2.45) is 12.5 Å². The number of carbonyl (C=O) groups is 1. The van der Waals surface area contributed by atoms with Gasteiger partial charge in [0, 0.05) is 66.7 Å². The number of amides is 1.